The van der Waals surface area contributed by atoms with Gasteiger partial charge in [-0.15, -0.1) is 0 Å². The molecule has 112 valence electrons. The zero-order valence-corrected chi connectivity index (χ0v) is 12.3. The second-order valence-electron chi connectivity index (χ2n) is 5.28. The molecule has 0 N–H and O–H groups in total. The molecule has 2 aromatic rings. The average Bonchev–Trinajstić information content (AvgIpc) is 3.32. The maximum Gasteiger partial charge on any atom is 0.330 e. The summed E-state index contributed by atoms with van der Waals surface area (Å²) in [7, 11) is 0. The van der Waals surface area contributed by atoms with Gasteiger partial charge in [0, 0.05) is 6.08 Å². The second kappa shape index (κ2) is 6.58. The van der Waals surface area contributed by atoms with Crippen LogP contribution in [0.4, 0.5) is 0 Å². The summed E-state index contributed by atoms with van der Waals surface area (Å²) in [5, 5.41) is 0. The molecule has 1 unspecified atom stereocenters. The third kappa shape index (κ3) is 3.43. The van der Waals surface area contributed by atoms with Crippen LogP contribution in [0.1, 0.15) is 11.1 Å². The number of carbonyl (C=O) groups is 1. The molecule has 2 aliphatic rings. The van der Waals surface area contributed by atoms with Gasteiger partial charge in [0.25, 0.3) is 0 Å². The average molecular weight is 294 g/mol. The maximum absolute atomic E-state index is 10.3. The van der Waals surface area contributed by atoms with Gasteiger partial charge in [0.05, 0.1) is 6.61 Å². The zero-order valence-electron chi connectivity index (χ0n) is 12.3. The van der Waals surface area contributed by atoms with Gasteiger partial charge in [-0.1, -0.05) is 55.1 Å². The minimum absolute atomic E-state index is 0.147. The summed E-state index contributed by atoms with van der Waals surface area (Å²) in [6.07, 6.45) is 2.39. The molecule has 0 bridgehead atoms. The molecule has 2 aromatic carbocycles. The minimum atomic E-state index is -0.384. The number of carbonyl (C=O) groups excluding carboxylic acids is 1. The summed E-state index contributed by atoms with van der Waals surface area (Å²) < 4.78 is 9.42. The Morgan fingerprint density at radius 3 is 2.18 bits per heavy atom. The van der Waals surface area contributed by atoms with Crippen LogP contribution in [0.5, 0.6) is 0 Å². The first-order chi connectivity index (χ1) is 10.8. The summed E-state index contributed by atoms with van der Waals surface area (Å²) in [6.45, 7) is 4.32. The van der Waals surface area contributed by atoms with Gasteiger partial charge >= 0.3 is 5.97 Å². The molecule has 0 saturated carbocycles. The Hall–Kier alpha value is -2.39. The van der Waals surface area contributed by atoms with E-state index in [2.05, 4.69) is 59.8 Å². The smallest absolute Gasteiger partial charge is 0.330 e. The van der Waals surface area contributed by atoms with E-state index in [0.717, 1.165) is 12.5 Å². The molecular weight excluding hydrogens is 276 g/mol. The fourth-order valence-corrected chi connectivity index (χ4v) is 2.48. The first-order valence-corrected chi connectivity index (χ1v) is 7.35. The molecular formula is C19H18O3. The largest absolute Gasteiger partial charge is 0.460 e. The highest BCUT2D eigenvalue weighted by Crippen LogP contribution is 2.35. The number of hydrogen-bond acceptors (Lipinski definition) is 3. The Morgan fingerprint density at radius 1 is 1.14 bits per heavy atom. The molecule has 22 heavy (non-hydrogen) atoms. The number of epoxide rings is 1. The van der Waals surface area contributed by atoms with Crippen molar-refractivity contribution in [1.82, 2.24) is 0 Å². The number of hydrogen-bond donors (Lipinski definition) is 0. The highest BCUT2D eigenvalue weighted by molar-refractivity contribution is 5.81. The highest BCUT2D eigenvalue weighted by Gasteiger charge is 2.23. The van der Waals surface area contributed by atoms with E-state index in [4.69, 9.17) is 4.74 Å². The van der Waals surface area contributed by atoms with E-state index in [0.29, 0.717) is 13.2 Å². The third-order valence-electron chi connectivity index (χ3n) is 3.69. The molecule has 0 aromatic heterocycles. The molecule has 3 heteroatoms. The lowest BCUT2D eigenvalue weighted by Gasteiger charge is -1.98. The van der Waals surface area contributed by atoms with Crippen molar-refractivity contribution in [1.29, 1.82) is 0 Å². The van der Waals surface area contributed by atoms with Gasteiger partial charge in [-0.3, -0.25) is 0 Å². The molecule has 3 nitrogen and oxygen atoms in total. The van der Waals surface area contributed by atoms with Crippen molar-refractivity contribution >= 4 is 5.97 Å². The molecule has 1 aliphatic heterocycles. The number of rotatable bonds is 3. The minimum Gasteiger partial charge on any atom is -0.460 e. The van der Waals surface area contributed by atoms with Crippen LogP contribution in [0, 0.1) is 0 Å². The normalized spacial score (nSPS) is 16.6. The van der Waals surface area contributed by atoms with E-state index in [1.165, 1.54) is 22.3 Å². The van der Waals surface area contributed by atoms with Crippen molar-refractivity contribution in [3.8, 4) is 11.1 Å². The fourth-order valence-electron chi connectivity index (χ4n) is 2.48. The number of esters is 1. The van der Waals surface area contributed by atoms with Crippen LogP contribution in [-0.2, 0) is 20.7 Å². The van der Waals surface area contributed by atoms with Gasteiger partial charge in [0.2, 0.25) is 0 Å². The van der Waals surface area contributed by atoms with Crippen molar-refractivity contribution in [2.75, 3.05) is 13.2 Å². The summed E-state index contributed by atoms with van der Waals surface area (Å²) in [5.41, 5.74) is 5.75. The van der Waals surface area contributed by atoms with Gasteiger partial charge in [0.1, 0.15) is 12.7 Å². The van der Waals surface area contributed by atoms with E-state index in [9.17, 15) is 4.79 Å². The predicted octanol–water partition coefficient (Wildman–Crippen LogP) is 3.37. The van der Waals surface area contributed by atoms with Crippen LogP contribution in [0.25, 0.3) is 11.1 Å². The van der Waals surface area contributed by atoms with Crippen molar-refractivity contribution in [2.45, 2.75) is 12.5 Å². The lowest BCUT2D eigenvalue weighted by molar-refractivity contribution is -0.138. The molecule has 1 heterocycles. The standard InChI is InChI=1S/C13H10.C6H8O3/c1-3-7-12-10(5-1)9-11-6-2-4-8-13(11)12;1-2-6(7)9-4-5-3-8-5/h1-8H,9H2;2,5H,1,3-4H2. The summed E-state index contributed by atoms with van der Waals surface area (Å²) in [4.78, 5) is 10.3. The van der Waals surface area contributed by atoms with Gasteiger partial charge in [-0.25, -0.2) is 4.79 Å². The lowest BCUT2D eigenvalue weighted by Crippen LogP contribution is -2.06. The molecule has 1 atom stereocenters. The number of benzene rings is 2. The van der Waals surface area contributed by atoms with E-state index in [-0.39, 0.29) is 12.1 Å². The first-order valence-electron chi connectivity index (χ1n) is 7.35. The van der Waals surface area contributed by atoms with E-state index < -0.39 is 0 Å². The topological polar surface area (TPSA) is 38.8 Å². The molecule has 1 saturated heterocycles. The van der Waals surface area contributed by atoms with E-state index in [1.54, 1.807) is 0 Å². The van der Waals surface area contributed by atoms with Crippen LogP contribution in [0.2, 0.25) is 0 Å². The quantitative estimate of drug-likeness (QED) is 0.422. The van der Waals surface area contributed by atoms with Crippen molar-refractivity contribution < 1.29 is 14.3 Å². The number of ether oxygens (including phenoxy) is 2. The monoisotopic (exact) mass is 294 g/mol. The predicted molar refractivity (Wildman–Crippen MR) is 85.6 cm³/mol. The van der Waals surface area contributed by atoms with Gasteiger partial charge < -0.3 is 9.47 Å². The Labute approximate surface area is 130 Å². The zero-order chi connectivity index (χ0) is 15.4. The Bertz CT molecular complexity index is 643. The van der Waals surface area contributed by atoms with Gasteiger partial charge in [-0.05, 0) is 28.7 Å². The van der Waals surface area contributed by atoms with E-state index >= 15 is 0 Å². The summed E-state index contributed by atoms with van der Waals surface area (Å²) in [6, 6.07) is 17.3. The van der Waals surface area contributed by atoms with Crippen molar-refractivity contribution in [2.24, 2.45) is 0 Å². The van der Waals surface area contributed by atoms with Crippen LogP contribution in [-0.4, -0.2) is 25.3 Å². The lowest BCUT2D eigenvalue weighted by atomic mass is 10.1. The van der Waals surface area contributed by atoms with Crippen LogP contribution in [0.15, 0.2) is 61.2 Å². The van der Waals surface area contributed by atoms with Gasteiger partial charge in [-0.2, -0.15) is 0 Å². The van der Waals surface area contributed by atoms with Crippen LogP contribution >= 0.6 is 0 Å². The molecule has 4 rings (SSSR count). The van der Waals surface area contributed by atoms with Crippen molar-refractivity contribution in [3.05, 3.63) is 72.3 Å². The van der Waals surface area contributed by atoms with Crippen molar-refractivity contribution in [3.63, 3.8) is 0 Å². The van der Waals surface area contributed by atoms with E-state index in [1.807, 2.05) is 0 Å². The second-order valence-corrected chi connectivity index (χ2v) is 5.28. The summed E-state index contributed by atoms with van der Waals surface area (Å²) >= 11 is 0. The molecule has 0 radical (unpaired) electrons. The van der Waals surface area contributed by atoms with Crippen LogP contribution < -0.4 is 0 Å². The SMILES string of the molecule is C=CC(=O)OCC1CO1.c1ccc2c(c1)Cc1ccccc1-2. The Kier molecular flexibility index (Phi) is 4.35. The summed E-state index contributed by atoms with van der Waals surface area (Å²) in [5.74, 6) is -0.384. The molecule has 0 amide bonds. The molecule has 1 aliphatic carbocycles. The Morgan fingerprint density at radius 2 is 1.68 bits per heavy atom. The molecule has 0 spiro atoms. The van der Waals surface area contributed by atoms with Crippen LogP contribution in [0.3, 0.4) is 0 Å². The Balaban J connectivity index is 0.000000142. The molecule has 1 fully saturated rings. The third-order valence-corrected chi connectivity index (χ3v) is 3.69. The first kappa shape index (κ1) is 14.5. The number of fused-ring (bicyclic) bond motifs is 3. The maximum atomic E-state index is 10.3. The highest BCUT2D eigenvalue weighted by atomic mass is 16.6. The fraction of sp³-hybridized carbons (Fsp3) is 0.211. The van der Waals surface area contributed by atoms with Gasteiger partial charge in [0.15, 0.2) is 0 Å².